The monoisotopic (exact) mass is 365 g/mol. The third-order valence-corrected chi connectivity index (χ3v) is 6.77. The molecule has 0 aliphatic carbocycles. The first-order valence-corrected chi connectivity index (χ1v) is 9.92. The number of halogens is 1. The Kier molecular flexibility index (Phi) is 5.25. The van der Waals surface area contributed by atoms with Crippen LogP contribution in [0.15, 0.2) is 53.4 Å². The van der Waals surface area contributed by atoms with Gasteiger partial charge < -0.3 is 4.90 Å². The van der Waals surface area contributed by atoms with Crippen LogP contribution in [0.5, 0.6) is 0 Å². The highest BCUT2D eigenvalue weighted by Crippen LogP contribution is 2.17. The lowest BCUT2D eigenvalue weighted by Crippen LogP contribution is -3.13. The van der Waals surface area contributed by atoms with E-state index in [4.69, 9.17) is 11.6 Å². The second kappa shape index (κ2) is 7.23. The minimum absolute atomic E-state index is 0.377. The molecule has 1 fully saturated rings. The minimum atomic E-state index is -3.39. The van der Waals surface area contributed by atoms with Crippen LogP contribution in [0.1, 0.15) is 11.1 Å². The number of benzene rings is 2. The lowest BCUT2D eigenvalue weighted by atomic mass is 10.2. The highest BCUT2D eigenvalue weighted by atomic mass is 35.5. The van der Waals surface area contributed by atoms with Gasteiger partial charge in [-0.2, -0.15) is 4.31 Å². The summed E-state index contributed by atoms with van der Waals surface area (Å²) >= 11 is 6.22. The van der Waals surface area contributed by atoms with Gasteiger partial charge in [0.05, 0.1) is 31.1 Å². The predicted molar refractivity (Wildman–Crippen MR) is 95.8 cm³/mol. The number of hydrogen-bond acceptors (Lipinski definition) is 2. The van der Waals surface area contributed by atoms with Crippen LogP contribution in [0.25, 0.3) is 0 Å². The molecule has 0 unspecified atom stereocenters. The van der Waals surface area contributed by atoms with Crippen LogP contribution in [0.4, 0.5) is 0 Å². The summed E-state index contributed by atoms with van der Waals surface area (Å²) in [5.74, 6) is 0. The van der Waals surface area contributed by atoms with Crippen molar-refractivity contribution < 1.29 is 13.3 Å². The van der Waals surface area contributed by atoms with Crippen molar-refractivity contribution in [1.82, 2.24) is 4.31 Å². The summed E-state index contributed by atoms with van der Waals surface area (Å²) in [5, 5.41) is 0.778. The minimum Gasteiger partial charge on any atom is -0.329 e. The molecular weight excluding hydrogens is 344 g/mol. The number of nitrogens with zero attached hydrogens (tertiary/aromatic N) is 1. The predicted octanol–water partition coefficient (Wildman–Crippen LogP) is 1.74. The first-order valence-electron chi connectivity index (χ1n) is 8.10. The standard InChI is InChI=1S/C18H21ClN2O2S/c1-15-6-8-17(9-7-15)24(22,23)21-12-10-20(11-13-21)14-16-4-2-3-5-18(16)19/h2-9H,10-14H2,1H3/p+1. The number of piperazine rings is 1. The Balaban J connectivity index is 1.64. The molecule has 1 aliphatic heterocycles. The molecule has 24 heavy (non-hydrogen) atoms. The van der Waals surface area contributed by atoms with Gasteiger partial charge in [-0.1, -0.05) is 47.5 Å². The largest absolute Gasteiger partial charge is 0.329 e. The summed E-state index contributed by atoms with van der Waals surface area (Å²) in [6, 6.07) is 14.9. The van der Waals surface area contributed by atoms with Crippen LogP contribution >= 0.6 is 11.6 Å². The second-order valence-corrected chi connectivity index (χ2v) is 8.58. The molecule has 2 aromatic carbocycles. The molecule has 2 aromatic rings. The summed E-state index contributed by atoms with van der Waals surface area (Å²) in [4.78, 5) is 1.74. The maximum atomic E-state index is 12.7. The molecule has 1 aliphatic rings. The number of sulfonamides is 1. The highest BCUT2D eigenvalue weighted by Gasteiger charge is 2.30. The smallest absolute Gasteiger partial charge is 0.243 e. The molecule has 0 atom stereocenters. The van der Waals surface area contributed by atoms with Crippen LogP contribution in [0, 0.1) is 6.92 Å². The maximum Gasteiger partial charge on any atom is 0.243 e. The van der Waals surface area contributed by atoms with Gasteiger partial charge in [0.15, 0.2) is 0 Å². The molecule has 0 amide bonds. The third-order valence-electron chi connectivity index (χ3n) is 4.49. The lowest BCUT2D eigenvalue weighted by Gasteiger charge is -2.31. The zero-order valence-corrected chi connectivity index (χ0v) is 15.3. The molecular formula is C18H22ClN2O2S+. The van der Waals surface area contributed by atoms with Crippen molar-refractivity contribution in [3.8, 4) is 0 Å². The van der Waals surface area contributed by atoms with Crippen LogP contribution in [-0.2, 0) is 16.6 Å². The molecule has 0 bridgehead atoms. The molecule has 0 radical (unpaired) electrons. The maximum absolute atomic E-state index is 12.7. The first kappa shape index (κ1) is 17.4. The summed E-state index contributed by atoms with van der Waals surface area (Å²) in [5.41, 5.74) is 2.17. The molecule has 1 heterocycles. The van der Waals surface area contributed by atoms with E-state index in [1.807, 2.05) is 43.3 Å². The van der Waals surface area contributed by atoms with Crippen LogP contribution in [-0.4, -0.2) is 38.9 Å². The normalized spacial score (nSPS) is 17.1. The number of hydrogen-bond donors (Lipinski definition) is 1. The van der Waals surface area contributed by atoms with E-state index in [0.29, 0.717) is 18.0 Å². The molecule has 0 spiro atoms. The van der Waals surface area contributed by atoms with Crippen molar-refractivity contribution in [2.75, 3.05) is 26.2 Å². The fourth-order valence-electron chi connectivity index (χ4n) is 2.99. The zero-order chi connectivity index (χ0) is 17.2. The number of nitrogens with one attached hydrogen (secondary N) is 1. The Morgan fingerprint density at radius 1 is 1.04 bits per heavy atom. The Labute approximate surface area is 148 Å². The average Bonchev–Trinajstić information content (AvgIpc) is 2.58. The molecule has 6 heteroatoms. The average molecular weight is 366 g/mol. The summed E-state index contributed by atoms with van der Waals surface area (Å²) in [6.45, 7) is 5.43. The van der Waals surface area contributed by atoms with Gasteiger partial charge in [-0.25, -0.2) is 8.42 Å². The van der Waals surface area contributed by atoms with E-state index >= 15 is 0 Å². The molecule has 0 aromatic heterocycles. The Hall–Kier alpha value is -1.40. The van der Waals surface area contributed by atoms with Crippen LogP contribution in [0.2, 0.25) is 5.02 Å². The molecule has 0 saturated carbocycles. The molecule has 1 saturated heterocycles. The SMILES string of the molecule is Cc1ccc(S(=O)(=O)N2CC[NH+](Cc3ccccc3Cl)CC2)cc1. The van der Waals surface area contributed by atoms with Crippen LogP contribution in [0.3, 0.4) is 0 Å². The Bertz CT molecular complexity index is 798. The van der Waals surface area contributed by atoms with E-state index < -0.39 is 10.0 Å². The van der Waals surface area contributed by atoms with E-state index in [0.717, 1.165) is 35.8 Å². The van der Waals surface area contributed by atoms with Crippen molar-refractivity contribution in [2.45, 2.75) is 18.4 Å². The van der Waals surface area contributed by atoms with Gasteiger partial charge in [0.25, 0.3) is 0 Å². The van der Waals surface area contributed by atoms with E-state index in [2.05, 4.69) is 0 Å². The molecule has 4 nitrogen and oxygen atoms in total. The van der Waals surface area contributed by atoms with Crippen molar-refractivity contribution in [2.24, 2.45) is 0 Å². The van der Waals surface area contributed by atoms with E-state index in [1.165, 1.54) is 4.90 Å². The highest BCUT2D eigenvalue weighted by molar-refractivity contribution is 7.89. The zero-order valence-electron chi connectivity index (χ0n) is 13.7. The first-order chi connectivity index (χ1) is 11.5. The summed E-state index contributed by atoms with van der Waals surface area (Å²) in [7, 11) is -3.39. The Morgan fingerprint density at radius 3 is 2.29 bits per heavy atom. The van der Waals surface area contributed by atoms with E-state index in [-0.39, 0.29) is 0 Å². The van der Waals surface area contributed by atoms with E-state index in [9.17, 15) is 8.42 Å². The quantitative estimate of drug-likeness (QED) is 0.896. The van der Waals surface area contributed by atoms with Crippen molar-refractivity contribution in [3.63, 3.8) is 0 Å². The van der Waals surface area contributed by atoms with Gasteiger partial charge in [0.1, 0.15) is 6.54 Å². The Morgan fingerprint density at radius 2 is 1.67 bits per heavy atom. The summed E-state index contributed by atoms with van der Waals surface area (Å²) in [6.07, 6.45) is 0. The van der Waals surface area contributed by atoms with Gasteiger partial charge in [0.2, 0.25) is 10.0 Å². The molecule has 128 valence electrons. The third kappa shape index (κ3) is 3.81. The fourth-order valence-corrected chi connectivity index (χ4v) is 4.63. The summed E-state index contributed by atoms with van der Waals surface area (Å²) < 4.78 is 27.0. The van der Waals surface area contributed by atoms with Crippen molar-refractivity contribution >= 4 is 21.6 Å². The molecule has 3 rings (SSSR count). The van der Waals surface area contributed by atoms with Gasteiger partial charge in [0, 0.05) is 10.6 Å². The number of aryl methyl sites for hydroxylation is 1. The van der Waals surface area contributed by atoms with Gasteiger partial charge in [-0.15, -0.1) is 0 Å². The number of quaternary nitrogens is 1. The van der Waals surface area contributed by atoms with Crippen molar-refractivity contribution in [3.05, 3.63) is 64.7 Å². The van der Waals surface area contributed by atoms with E-state index in [1.54, 1.807) is 16.4 Å². The van der Waals surface area contributed by atoms with Gasteiger partial charge in [-0.05, 0) is 25.1 Å². The number of rotatable bonds is 4. The lowest BCUT2D eigenvalue weighted by molar-refractivity contribution is -0.917. The molecule has 1 N–H and O–H groups in total. The van der Waals surface area contributed by atoms with Gasteiger partial charge >= 0.3 is 0 Å². The van der Waals surface area contributed by atoms with Crippen LogP contribution < -0.4 is 4.90 Å². The topological polar surface area (TPSA) is 41.8 Å². The second-order valence-electron chi connectivity index (χ2n) is 6.24. The van der Waals surface area contributed by atoms with Gasteiger partial charge in [-0.3, -0.25) is 0 Å². The van der Waals surface area contributed by atoms with Crippen molar-refractivity contribution in [1.29, 1.82) is 0 Å². The fraction of sp³-hybridized carbons (Fsp3) is 0.333.